The molecule has 0 aliphatic rings. The molecule has 0 rings (SSSR count). The number of ether oxygens (including phenoxy) is 1. The van der Waals surface area contributed by atoms with Gasteiger partial charge < -0.3 is 4.74 Å². The maximum Gasteiger partial charge on any atom is 0.305 e. The number of carbonyl (C=O) groups excluding carboxylic acids is 1. The number of esters is 1. The molecule has 0 aliphatic heterocycles. The van der Waals surface area contributed by atoms with Crippen LogP contribution in [0.15, 0.2) is 0 Å². The van der Waals surface area contributed by atoms with Crippen LogP contribution >= 0.6 is 0 Å². The molecule has 0 aromatic heterocycles. The zero-order valence-corrected chi connectivity index (χ0v) is 10.7. The van der Waals surface area contributed by atoms with Crippen molar-refractivity contribution in [1.82, 2.24) is 0 Å². The normalized spacial score (nSPS) is 10.3. The molecular formula is C13H25BO2. The fourth-order valence-electron chi connectivity index (χ4n) is 1.55. The van der Waals surface area contributed by atoms with E-state index in [1.807, 2.05) is 0 Å². The Morgan fingerprint density at radius 1 is 1.00 bits per heavy atom. The highest BCUT2D eigenvalue weighted by atomic mass is 16.5. The van der Waals surface area contributed by atoms with E-state index in [4.69, 9.17) is 12.6 Å². The van der Waals surface area contributed by atoms with Gasteiger partial charge in [-0.05, 0) is 12.8 Å². The lowest BCUT2D eigenvalue weighted by Gasteiger charge is -2.04. The third-order valence-electron chi connectivity index (χ3n) is 2.60. The Hall–Kier alpha value is -0.465. The molecule has 0 amide bonds. The summed E-state index contributed by atoms with van der Waals surface area (Å²) in [5.41, 5.74) is 0. The number of hydrogen-bond acceptors (Lipinski definition) is 2. The zero-order valence-electron chi connectivity index (χ0n) is 10.7. The highest BCUT2D eigenvalue weighted by molar-refractivity contribution is 6.08. The second-order valence-electron chi connectivity index (χ2n) is 4.23. The molecule has 0 spiro atoms. The summed E-state index contributed by atoms with van der Waals surface area (Å²) < 4.78 is 5.13. The van der Waals surface area contributed by atoms with E-state index in [9.17, 15) is 4.79 Å². The van der Waals surface area contributed by atoms with E-state index in [1.165, 1.54) is 12.8 Å². The molecule has 0 heterocycles. The Morgan fingerprint density at radius 3 is 2.38 bits per heavy atom. The van der Waals surface area contributed by atoms with Gasteiger partial charge in [-0.25, -0.2) is 0 Å². The summed E-state index contributed by atoms with van der Waals surface area (Å²) in [5.74, 6) is -0.0325. The summed E-state index contributed by atoms with van der Waals surface area (Å²) in [6, 6.07) is 0. The monoisotopic (exact) mass is 224 g/mol. The average Bonchev–Trinajstić information content (AvgIpc) is 2.29. The molecule has 16 heavy (non-hydrogen) atoms. The van der Waals surface area contributed by atoms with E-state index in [1.54, 1.807) is 0 Å². The molecule has 2 nitrogen and oxygen atoms in total. The van der Waals surface area contributed by atoms with Crippen molar-refractivity contribution in [3.05, 3.63) is 0 Å². The van der Waals surface area contributed by atoms with Crippen LogP contribution in [0.4, 0.5) is 0 Å². The van der Waals surface area contributed by atoms with Crippen LogP contribution in [0.25, 0.3) is 0 Å². The van der Waals surface area contributed by atoms with E-state index in [0.29, 0.717) is 13.0 Å². The maximum absolute atomic E-state index is 11.3. The van der Waals surface area contributed by atoms with E-state index in [0.717, 1.165) is 44.8 Å². The van der Waals surface area contributed by atoms with Gasteiger partial charge in [0.25, 0.3) is 0 Å². The molecule has 0 aliphatic carbocycles. The number of hydrogen-bond donors (Lipinski definition) is 0. The van der Waals surface area contributed by atoms with Crippen LogP contribution in [0, 0.1) is 0 Å². The van der Waals surface area contributed by atoms with Crippen molar-refractivity contribution >= 4 is 13.8 Å². The van der Waals surface area contributed by atoms with Crippen molar-refractivity contribution in [3.63, 3.8) is 0 Å². The molecule has 0 unspecified atom stereocenters. The van der Waals surface area contributed by atoms with E-state index >= 15 is 0 Å². The molecule has 0 aromatic rings. The van der Waals surface area contributed by atoms with Crippen LogP contribution in [-0.4, -0.2) is 20.4 Å². The van der Waals surface area contributed by atoms with Crippen molar-refractivity contribution in [2.75, 3.05) is 6.61 Å². The van der Waals surface area contributed by atoms with Crippen molar-refractivity contribution in [2.45, 2.75) is 71.0 Å². The standard InChI is InChI=1S/C13H25BO2/c1-2-3-4-7-10-13(15)16-12-9-6-5-8-11-14/h2-12H2,1H3. The van der Waals surface area contributed by atoms with Gasteiger partial charge in [0.15, 0.2) is 0 Å². The summed E-state index contributed by atoms with van der Waals surface area (Å²) in [5, 5.41) is 0. The van der Waals surface area contributed by atoms with Gasteiger partial charge in [-0.2, -0.15) is 0 Å². The van der Waals surface area contributed by atoms with Crippen LogP contribution in [0.2, 0.25) is 6.32 Å². The summed E-state index contributed by atoms with van der Waals surface area (Å²) in [6.07, 6.45) is 10.2. The lowest BCUT2D eigenvalue weighted by molar-refractivity contribution is -0.143. The first kappa shape index (κ1) is 15.5. The Kier molecular flexibility index (Phi) is 12.2. The Labute approximate surface area is 102 Å². The van der Waals surface area contributed by atoms with Gasteiger partial charge in [0.1, 0.15) is 0 Å². The lowest BCUT2D eigenvalue weighted by atomic mass is 9.99. The van der Waals surface area contributed by atoms with Crippen LogP contribution in [-0.2, 0) is 9.53 Å². The number of rotatable bonds is 11. The van der Waals surface area contributed by atoms with Crippen LogP contribution in [0.5, 0.6) is 0 Å². The quantitative estimate of drug-likeness (QED) is 0.304. The van der Waals surface area contributed by atoms with E-state index in [2.05, 4.69) is 6.92 Å². The first-order valence-electron chi connectivity index (χ1n) is 6.67. The highest BCUT2D eigenvalue weighted by Crippen LogP contribution is 2.05. The summed E-state index contributed by atoms with van der Waals surface area (Å²) in [4.78, 5) is 11.3. The van der Waals surface area contributed by atoms with Gasteiger partial charge >= 0.3 is 5.97 Å². The SMILES string of the molecule is [B]CCCCCCOC(=O)CCCCCC. The van der Waals surface area contributed by atoms with Gasteiger partial charge in [0, 0.05) is 6.42 Å². The van der Waals surface area contributed by atoms with Crippen molar-refractivity contribution < 1.29 is 9.53 Å². The molecule has 2 radical (unpaired) electrons. The minimum atomic E-state index is -0.0325. The van der Waals surface area contributed by atoms with Crippen molar-refractivity contribution in [1.29, 1.82) is 0 Å². The lowest BCUT2D eigenvalue weighted by Crippen LogP contribution is -2.05. The second-order valence-corrected chi connectivity index (χ2v) is 4.23. The molecular weight excluding hydrogens is 199 g/mol. The Balaban J connectivity index is 3.11. The minimum Gasteiger partial charge on any atom is -0.466 e. The third-order valence-corrected chi connectivity index (χ3v) is 2.60. The van der Waals surface area contributed by atoms with Gasteiger partial charge in [0.2, 0.25) is 0 Å². The highest BCUT2D eigenvalue weighted by Gasteiger charge is 2.01. The predicted molar refractivity (Wildman–Crippen MR) is 68.7 cm³/mol. The Bertz CT molecular complexity index is 160. The number of unbranched alkanes of at least 4 members (excludes halogenated alkanes) is 6. The molecule has 0 fully saturated rings. The second kappa shape index (κ2) is 12.6. The van der Waals surface area contributed by atoms with Gasteiger partial charge in [-0.3, -0.25) is 4.79 Å². The topological polar surface area (TPSA) is 26.3 Å². The van der Waals surface area contributed by atoms with Crippen molar-refractivity contribution in [2.24, 2.45) is 0 Å². The summed E-state index contributed by atoms with van der Waals surface area (Å²) in [7, 11) is 5.39. The molecule has 92 valence electrons. The van der Waals surface area contributed by atoms with Crippen LogP contribution < -0.4 is 0 Å². The molecule has 0 atom stereocenters. The fourth-order valence-corrected chi connectivity index (χ4v) is 1.55. The molecule has 0 saturated carbocycles. The number of carbonyl (C=O) groups is 1. The first-order chi connectivity index (χ1) is 7.81. The zero-order chi connectivity index (χ0) is 12.1. The summed E-state index contributed by atoms with van der Waals surface area (Å²) >= 11 is 0. The summed E-state index contributed by atoms with van der Waals surface area (Å²) in [6.45, 7) is 2.75. The van der Waals surface area contributed by atoms with E-state index < -0.39 is 0 Å². The minimum absolute atomic E-state index is 0.0325. The van der Waals surface area contributed by atoms with Crippen molar-refractivity contribution in [3.8, 4) is 0 Å². The van der Waals surface area contributed by atoms with Gasteiger partial charge in [-0.1, -0.05) is 51.8 Å². The predicted octanol–water partition coefficient (Wildman–Crippen LogP) is 3.65. The van der Waals surface area contributed by atoms with Gasteiger partial charge in [-0.15, -0.1) is 0 Å². The molecule has 0 aromatic carbocycles. The van der Waals surface area contributed by atoms with Crippen LogP contribution in [0.1, 0.15) is 64.7 Å². The third kappa shape index (κ3) is 11.6. The Morgan fingerprint density at radius 2 is 1.69 bits per heavy atom. The smallest absolute Gasteiger partial charge is 0.305 e. The van der Waals surface area contributed by atoms with E-state index in [-0.39, 0.29) is 5.97 Å². The first-order valence-corrected chi connectivity index (χ1v) is 6.67. The average molecular weight is 224 g/mol. The fraction of sp³-hybridized carbons (Fsp3) is 0.923. The van der Waals surface area contributed by atoms with Crippen LogP contribution in [0.3, 0.4) is 0 Å². The molecule has 0 N–H and O–H groups in total. The maximum atomic E-state index is 11.3. The molecule has 0 bridgehead atoms. The largest absolute Gasteiger partial charge is 0.466 e. The molecule has 3 heteroatoms. The van der Waals surface area contributed by atoms with Gasteiger partial charge in [0.05, 0.1) is 14.5 Å². The molecule has 0 saturated heterocycles.